The normalized spacial score (nSPS) is 10.6. The second-order valence-electron chi connectivity index (χ2n) is 5.19. The highest BCUT2D eigenvalue weighted by Crippen LogP contribution is 2.20. The molecule has 0 aromatic heterocycles. The molecule has 0 atom stereocenters. The molecule has 0 radical (unpaired) electrons. The van der Waals surface area contributed by atoms with Crippen LogP contribution in [0.1, 0.15) is 41.3 Å². The topological polar surface area (TPSA) is 26.3 Å². The molecule has 2 aromatic rings. The number of hydrogen-bond acceptors (Lipinski definition) is 2. The molecule has 2 heteroatoms. The van der Waals surface area contributed by atoms with Gasteiger partial charge in [-0.3, -0.25) is 4.79 Å². The first-order valence-electron chi connectivity index (χ1n) is 6.87. The van der Waals surface area contributed by atoms with Crippen LogP contribution in [0.4, 0.5) is 0 Å². The highest BCUT2D eigenvalue weighted by molar-refractivity contribution is 5.97. The Hall–Kier alpha value is -2.09. The average Bonchev–Trinajstić information content (AvgIpc) is 2.48. The smallest absolute Gasteiger partial charge is 0.167 e. The van der Waals surface area contributed by atoms with Crippen molar-refractivity contribution in [2.75, 3.05) is 7.11 Å². The van der Waals surface area contributed by atoms with Crippen molar-refractivity contribution in [3.8, 4) is 5.75 Å². The summed E-state index contributed by atoms with van der Waals surface area (Å²) in [7, 11) is 1.63. The Labute approximate surface area is 120 Å². The van der Waals surface area contributed by atoms with Gasteiger partial charge in [-0.15, -0.1) is 0 Å². The summed E-state index contributed by atoms with van der Waals surface area (Å²) in [6.07, 6.45) is 0.366. The third-order valence-electron chi connectivity index (χ3n) is 3.44. The summed E-state index contributed by atoms with van der Waals surface area (Å²) in [4.78, 5) is 12.3. The molecular weight excluding hydrogens is 248 g/mol. The van der Waals surface area contributed by atoms with Gasteiger partial charge in [0, 0.05) is 17.5 Å². The Morgan fingerprint density at radius 3 is 2.30 bits per heavy atom. The molecule has 0 saturated carbocycles. The van der Waals surface area contributed by atoms with Gasteiger partial charge < -0.3 is 4.74 Å². The minimum absolute atomic E-state index is 0.116. The van der Waals surface area contributed by atoms with Crippen LogP contribution in [0, 0.1) is 0 Å². The zero-order chi connectivity index (χ0) is 14.5. The number of Topliss-reactive ketones (excluding diaryl/α,β-unsaturated/α-hetero) is 1. The Morgan fingerprint density at radius 1 is 1.05 bits per heavy atom. The van der Waals surface area contributed by atoms with E-state index in [0.717, 1.165) is 16.9 Å². The van der Waals surface area contributed by atoms with E-state index in [9.17, 15) is 4.79 Å². The van der Waals surface area contributed by atoms with Crippen LogP contribution in [-0.4, -0.2) is 12.9 Å². The van der Waals surface area contributed by atoms with Gasteiger partial charge in [-0.2, -0.15) is 0 Å². The summed E-state index contributed by atoms with van der Waals surface area (Å²) in [5.74, 6) is 1.36. The largest absolute Gasteiger partial charge is 0.496 e. The van der Waals surface area contributed by atoms with Crippen molar-refractivity contribution in [2.24, 2.45) is 0 Å². The fourth-order valence-corrected chi connectivity index (χ4v) is 2.18. The van der Waals surface area contributed by atoms with Gasteiger partial charge in [0.15, 0.2) is 5.78 Å². The van der Waals surface area contributed by atoms with Gasteiger partial charge in [-0.05, 0) is 17.5 Å². The van der Waals surface area contributed by atoms with Crippen LogP contribution >= 0.6 is 0 Å². The second-order valence-corrected chi connectivity index (χ2v) is 5.19. The third kappa shape index (κ3) is 3.27. The van der Waals surface area contributed by atoms with Crippen molar-refractivity contribution >= 4 is 5.78 Å². The van der Waals surface area contributed by atoms with Crippen molar-refractivity contribution < 1.29 is 9.53 Å². The maximum atomic E-state index is 12.3. The highest BCUT2D eigenvalue weighted by atomic mass is 16.5. The number of benzene rings is 2. The van der Waals surface area contributed by atoms with Crippen LogP contribution in [0.3, 0.4) is 0 Å². The van der Waals surface area contributed by atoms with E-state index in [2.05, 4.69) is 13.8 Å². The number of methoxy groups -OCH3 is 1. The maximum Gasteiger partial charge on any atom is 0.167 e. The fraction of sp³-hybridized carbons (Fsp3) is 0.278. The Kier molecular flexibility index (Phi) is 4.57. The van der Waals surface area contributed by atoms with Crippen LogP contribution in [0.25, 0.3) is 0 Å². The standard InChI is InChI=1S/C18H20O2/c1-13(2)14-8-10-15(11-9-14)17(19)12-16-6-4-5-7-18(16)20-3/h4-11,13H,12H2,1-3H3. The minimum Gasteiger partial charge on any atom is -0.496 e. The van der Waals surface area contributed by atoms with E-state index in [-0.39, 0.29) is 5.78 Å². The van der Waals surface area contributed by atoms with Crippen molar-refractivity contribution in [3.63, 3.8) is 0 Å². The lowest BCUT2D eigenvalue weighted by Gasteiger charge is -2.09. The zero-order valence-corrected chi connectivity index (χ0v) is 12.2. The third-order valence-corrected chi connectivity index (χ3v) is 3.44. The Bertz CT molecular complexity index is 583. The zero-order valence-electron chi connectivity index (χ0n) is 12.2. The van der Waals surface area contributed by atoms with Gasteiger partial charge in [0.25, 0.3) is 0 Å². The molecule has 104 valence electrons. The van der Waals surface area contributed by atoms with Gasteiger partial charge in [-0.25, -0.2) is 0 Å². The van der Waals surface area contributed by atoms with Crippen LogP contribution in [0.5, 0.6) is 5.75 Å². The predicted octanol–water partition coefficient (Wildman–Crippen LogP) is 4.24. The summed E-state index contributed by atoms with van der Waals surface area (Å²) in [6.45, 7) is 4.29. The van der Waals surface area contributed by atoms with Crippen LogP contribution < -0.4 is 4.74 Å². The van der Waals surface area contributed by atoms with Gasteiger partial charge in [0.2, 0.25) is 0 Å². The Balaban J connectivity index is 2.15. The molecule has 0 bridgehead atoms. The van der Waals surface area contributed by atoms with Crippen LogP contribution in [0.2, 0.25) is 0 Å². The average molecular weight is 268 g/mol. The Morgan fingerprint density at radius 2 is 1.70 bits per heavy atom. The molecule has 0 N–H and O–H groups in total. The summed E-state index contributed by atoms with van der Waals surface area (Å²) in [5.41, 5.74) is 2.92. The van der Waals surface area contributed by atoms with Crippen LogP contribution in [-0.2, 0) is 6.42 Å². The predicted molar refractivity (Wildman–Crippen MR) is 81.6 cm³/mol. The maximum absolute atomic E-state index is 12.3. The van der Waals surface area contributed by atoms with E-state index in [1.807, 2.05) is 48.5 Å². The number of carbonyl (C=O) groups is 1. The molecule has 0 aliphatic rings. The van der Waals surface area contributed by atoms with E-state index in [1.54, 1.807) is 7.11 Å². The molecule has 2 rings (SSSR count). The van der Waals surface area contributed by atoms with E-state index < -0.39 is 0 Å². The molecule has 0 aliphatic carbocycles. The number of ketones is 1. The lowest BCUT2D eigenvalue weighted by molar-refractivity contribution is 0.0992. The van der Waals surface area contributed by atoms with E-state index in [4.69, 9.17) is 4.74 Å². The first-order valence-corrected chi connectivity index (χ1v) is 6.87. The molecule has 0 heterocycles. The van der Waals surface area contributed by atoms with E-state index in [1.165, 1.54) is 5.56 Å². The molecule has 0 fully saturated rings. The molecule has 2 nitrogen and oxygen atoms in total. The molecule has 0 saturated heterocycles. The molecule has 0 unspecified atom stereocenters. The molecule has 0 aliphatic heterocycles. The quantitative estimate of drug-likeness (QED) is 0.758. The summed E-state index contributed by atoms with van der Waals surface area (Å²) in [6, 6.07) is 15.5. The monoisotopic (exact) mass is 268 g/mol. The first-order chi connectivity index (χ1) is 9.61. The highest BCUT2D eigenvalue weighted by Gasteiger charge is 2.10. The summed E-state index contributed by atoms with van der Waals surface area (Å²) >= 11 is 0. The van der Waals surface area contributed by atoms with Gasteiger partial charge in [-0.1, -0.05) is 56.3 Å². The fourth-order valence-electron chi connectivity index (χ4n) is 2.18. The minimum atomic E-state index is 0.116. The van der Waals surface area contributed by atoms with Crippen LogP contribution in [0.15, 0.2) is 48.5 Å². The molecule has 0 amide bonds. The van der Waals surface area contributed by atoms with Crippen molar-refractivity contribution in [1.29, 1.82) is 0 Å². The van der Waals surface area contributed by atoms with Crippen molar-refractivity contribution in [3.05, 3.63) is 65.2 Å². The van der Waals surface area contributed by atoms with E-state index in [0.29, 0.717) is 12.3 Å². The molecule has 0 spiro atoms. The number of para-hydroxylation sites is 1. The number of carbonyl (C=O) groups excluding carboxylic acids is 1. The SMILES string of the molecule is COc1ccccc1CC(=O)c1ccc(C(C)C)cc1. The first kappa shape index (κ1) is 14.3. The second kappa shape index (κ2) is 6.38. The lowest BCUT2D eigenvalue weighted by Crippen LogP contribution is -2.05. The number of ether oxygens (including phenoxy) is 1. The van der Waals surface area contributed by atoms with Gasteiger partial charge in [0.05, 0.1) is 7.11 Å². The molecular formula is C18H20O2. The summed E-state index contributed by atoms with van der Waals surface area (Å²) < 4.78 is 5.28. The number of hydrogen-bond donors (Lipinski definition) is 0. The van der Waals surface area contributed by atoms with Gasteiger partial charge >= 0.3 is 0 Å². The van der Waals surface area contributed by atoms with Gasteiger partial charge in [0.1, 0.15) is 5.75 Å². The summed E-state index contributed by atoms with van der Waals surface area (Å²) in [5, 5.41) is 0. The van der Waals surface area contributed by atoms with Crippen molar-refractivity contribution in [2.45, 2.75) is 26.2 Å². The van der Waals surface area contributed by atoms with E-state index >= 15 is 0 Å². The van der Waals surface area contributed by atoms with Crippen molar-refractivity contribution in [1.82, 2.24) is 0 Å². The number of rotatable bonds is 5. The lowest BCUT2D eigenvalue weighted by atomic mass is 9.98. The molecule has 20 heavy (non-hydrogen) atoms. The molecule has 2 aromatic carbocycles.